The summed E-state index contributed by atoms with van der Waals surface area (Å²) in [4.78, 5) is 4.29. The topological polar surface area (TPSA) is 50.9 Å². The van der Waals surface area contributed by atoms with Crippen molar-refractivity contribution in [1.82, 2.24) is 4.98 Å². The van der Waals surface area contributed by atoms with E-state index in [4.69, 9.17) is 5.73 Å². The zero-order chi connectivity index (χ0) is 11.4. The van der Waals surface area contributed by atoms with Gasteiger partial charge < -0.3 is 11.1 Å². The van der Waals surface area contributed by atoms with E-state index in [1.807, 2.05) is 18.3 Å². The molecule has 1 fully saturated rings. The molecule has 1 aliphatic carbocycles. The van der Waals surface area contributed by atoms with Crippen molar-refractivity contribution in [2.75, 3.05) is 11.9 Å². The fraction of sp³-hybridized carbons (Fsp3) is 0.583. The van der Waals surface area contributed by atoms with Gasteiger partial charge in [-0.05, 0) is 53.2 Å². The number of hydrogen-bond acceptors (Lipinski definition) is 3. The number of nitrogens with two attached hydrogens (primary N) is 1. The van der Waals surface area contributed by atoms with Gasteiger partial charge in [0.1, 0.15) is 5.82 Å². The summed E-state index contributed by atoms with van der Waals surface area (Å²) in [6.07, 6.45) is 6.70. The van der Waals surface area contributed by atoms with Gasteiger partial charge in [-0.3, -0.25) is 0 Å². The first-order valence-electron chi connectivity index (χ1n) is 5.85. The number of anilines is 1. The maximum Gasteiger partial charge on any atom is 0.125 e. The normalized spacial score (nSPS) is 25.4. The SMILES string of the molecule is NC1CCCC(CNc2ccc(Br)cn2)C1. The molecular weight excluding hydrogens is 266 g/mol. The summed E-state index contributed by atoms with van der Waals surface area (Å²) in [5, 5.41) is 3.37. The maximum absolute atomic E-state index is 5.96. The molecule has 1 aromatic heterocycles. The van der Waals surface area contributed by atoms with Crippen molar-refractivity contribution in [1.29, 1.82) is 0 Å². The van der Waals surface area contributed by atoms with E-state index in [9.17, 15) is 0 Å². The van der Waals surface area contributed by atoms with Crippen molar-refractivity contribution in [3.8, 4) is 0 Å². The van der Waals surface area contributed by atoms with Gasteiger partial charge in [0.15, 0.2) is 0 Å². The average Bonchev–Trinajstić information content (AvgIpc) is 2.28. The van der Waals surface area contributed by atoms with Gasteiger partial charge in [-0.25, -0.2) is 4.98 Å². The molecule has 1 aliphatic rings. The van der Waals surface area contributed by atoms with Crippen LogP contribution in [0.25, 0.3) is 0 Å². The molecule has 0 aromatic carbocycles. The lowest BCUT2D eigenvalue weighted by Gasteiger charge is -2.26. The van der Waals surface area contributed by atoms with Crippen LogP contribution in [0.2, 0.25) is 0 Å². The van der Waals surface area contributed by atoms with Crippen molar-refractivity contribution >= 4 is 21.7 Å². The summed E-state index contributed by atoms with van der Waals surface area (Å²) in [5.41, 5.74) is 5.96. The Morgan fingerprint density at radius 2 is 2.31 bits per heavy atom. The zero-order valence-corrected chi connectivity index (χ0v) is 10.9. The third kappa shape index (κ3) is 3.46. The Labute approximate surface area is 105 Å². The van der Waals surface area contributed by atoms with Crippen molar-refractivity contribution in [2.24, 2.45) is 11.7 Å². The second-order valence-corrected chi connectivity index (χ2v) is 5.45. The van der Waals surface area contributed by atoms with Gasteiger partial charge in [0.05, 0.1) is 0 Å². The van der Waals surface area contributed by atoms with Crippen LogP contribution in [0.4, 0.5) is 5.82 Å². The Morgan fingerprint density at radius 3 is 3.00 bits per heavy atom. The van der Waals surface area contributed by atoms with Gasteiger partial charge in [-0.15, -0.1) is 0 Å². The molecule has 3 N–H and O–H groups in total. The van der Waals surface area contributed by atoms with E-state index in [1.165, 1.54) is 19.3 Å². The Balaban J connectivity index is 1.80. The van der Waals surface area contributed by atoms with Crippen molar-refractivity contribution in [2.45, 2.75) is 31.7 Å². The quantitative estimate of drug-likeness (QED) is 0.897. The van der Waals surface area contributed by atoms with Crippen LogP contribution >= 0.6 is 15.9 Å². The summed E-state index contributed by atoms with van der Waals surface area (Å²) in [6, 6.07) is 4.40. The van der Waals surface area contributed by atoms with Crippen LogP contribution in [-0.4, -0.2) is 17.6 Å². The van der Waals surface area contributed by atoms with E-state index >= 15 is 0 Å². The fourth-order valence-electron chi connectivity index (χ4n) is 2.25. The zero-order valence-electron chi connectivity index (χ0n) is 9.32. The van der Waals surface area contributed by atoms with E-state index in [0.717, 1.165) is 23.3 Å². The molecule has 0 radical (unpaired) electrons. The van der Waals surface area contributed by atoms with Gasteiger partial charge >= 0.3 is 0 Å². The van der Waals surface area contributed by atoms with Gasteiger partial charge in [0.2, 0.25) is 0 Å². The minimum atomic E-state index is 0.401. The smallest absolute Gasteiger partial charge is 0.125 e. The molecule has 16 heavy (non-hydrogen) atoms. The fourth-order valence-corrected chi connectivity index (χ4v) is 2.48. The van der Waals surface area contributed by atoms with E-state index in [2.05, 4.69) is 26.2 Å². The van der Waals surface area contributed by atoms with E-state index in [0.29, 0.717) is 12.0 Å². The lowest BCUT2D eigenvalue weighted by atomic mass is 9.86. The van der Waals surface area contributed by atoms with Crippen LogP contribution < -0.4 is 11.1 Å². The van der Waals surface area contributed by atoms with Crippen molar-refractivity contribution in [3.05, 3.63) is 22.8 Å². The molecule has 3 nitrogen and oxygen atoms in total. The van der Waals surface area contributed by atoms with Crippen LogP contribution in [0.5, 0.6) is 0 Å². The molecule has 1 heterocycles. The Hall–Kier alpha value is -0.610. The van der Waals surface area contributed by atoms with Gasteiger partial charge in [-0.2, -0.15) is 0 Å². The van der Waals surface area contributed by atoms with Gasteiger partial charge in [0.25, 0.3) is 0 Å². The largest absolute Gasteiger partial charge is 0.370 e. The third-order valence-corrected chi connectivity index (χ3v) is 3.59. The van der Waals surface area contributed by atoms with Crippen LogP contribution in [0, 0.1) is 5.92 Å². The minimum Gasteiger partial charge on any atom is -0.370 e. The maximum atomic E-state index is 5.96. The number of aromatic nitrogens is 1. The first kappa shape index (κ1) is 11.9. The Morgan fingerprint density at radius 1 is 1.44 bits per heavy atom. The third-order valence-electron chi connectivity index (χ3n) is 3.12. The van der Waals surface area contributed by atoms with Crippen LogP contribution in [0.15, 0.2) is 22.8 Å². The molecule has 88 valence electrons. The minimum absolute atomic E-state index is 0.401. The van der Waals surface area contributed by atoms with E-state index < -0.39 is 0 Å². The summed E-state index contributed by atoms with van der Waals surface area (Å²) < 4.78 is 1.01. The predicted octanol–water partition coefficient (Wildman–Crippen LogP) is 2.77. The van der Waals surface area contributed by atoms with Crippen molar-refractivity contribution < 1.29 is 0 Å². The number of rotatable bonds is 3. The number of pyridine rings is 1. The van der Waals surface area contributed by atoms with Crippen LogP contribution in [0.3, 0.4) is 0 Å². The van der Waals surface area contributed by atoms with E-state index in [1.54, 1.807) is 0 Å². The van der Waals surface area contributed by atoms with Crippen molar-refractivity contribution in [3.63, 3.8) is 0 Å². The molecule has 0 aliphatic heterocycles. The van der Waals surface area contributed by atoms with Crippen LogP contribution in [-0.2, 0) is 0 Å². The molecule has 4 heteroatoms. The number of halogens is 1. The van der Waals surface area contributed by atoms with Crippen LogP contribution in [0.1, 0.15) is 25.7 Å². The highest BCUT2D eigenvalue weighted by Crippen LogP contribution is 2.23. The standard InChI is InChI=1S/C12H18BrN3/c13-10-4-5-12(16-8-10)15-7-9-2-1-3-11(14)6-9/h4-5,8-9,11H,1-3,6-7,14H2,(H,15,16). The van der Waals surface area contributed by atoms with Gasteiger partial charge in [-0.1, -0.05) is 6.42 Å². The summed E-state index contributed by atoms with van der Waals surface area (Å²) in [6.45, 7) is 0.988. The Bertz CT molecular complexity index is 326. The van der Waals surface area contributed by atoms with Gasteiger partial charge in [0, 0.05) is 23.3 Å². The highest BCUT2D eigenvalue weighted by Gasteiger charge is 2.18. The molecule has 2 atom stereocenters. The summed E-state index contributed by atoms with van der Waals surface area (Å²) in [7, 11) is 0. The molecular formula is C12H18BrN3. The highest BCUT2D eigenvalue weighted by molar-refractivity contribution is 9.10. The molecule has 2 rings (SSSR count). The lowest BCUT2D eigenvalue weighted by molar-refractivity contribution is 0.335. The lowest BCUT2D eigenvalue weighted by Crippen LogP contribution is -2.31. The molecule has 0 saturated heterocycles. The molecule has 0 amide bonds. The second kappa shape index (κ2) is 5.64. The number of hydrogen-bond donors (Lipinski definition) is 2. The molecule has 0 spiro atoms. The monoisotopic (exact) mass is 283 g/mol. The first-order valence-corrected chi connectivity index (χ1v) is 6.64. The predicted molar refractivity (Wildman–Crippen MR) is 70.4 cm³/mol. The molecule has 2 unspecified atom stereocenters. The van der Waals surface area contributed by atoms with E-state index in [-0.39, 0.29) is 0 Å². The molecule has 1 aromatic rings. The average molecular weight is 284 g/mol. The number of nitrogens with zero attached hydrogens (tertiary/aromatic N) is 1. The molecule has 1 saturated carbocycles. The number of nitrogens with one attached hydrogen (secondary N) is 1. The highest BCUT2D eigenvalue weighted by atomic mass is 79.9. The first-order chi connectivity index (χ1) is 7.74. The second-order valence-electron chi connectivity index (χ2n) is 4.54. The summed E-state index contributed by atoms with van der Waals surface area (Å²) >= 11 is 3.37. The molecule has 0 bridgehead atoms. The summed E-state index contributed by atoms with van der Waals surface area (Å²) in [5.74, 6) is 1.65. The Kier molecular flexibility index (Phi) is 4.18.